The van der Waals surface area contributed by atoms with E-state index < -0.39 is 0 Å². The fraction of sp³-hybridized carbons (Fsp3) is 0.571. The Bertz CT molecular complexity index is 415. The molecule has 1 aliphatic heterocycles. The largest absolute Gasteiger partial charge is 0.387 e. The van der Waals surface area contributed by atoms with E-state index in [9.17, 15) is 5.11 Å². The summed E-state index contributed by atoms with van der Waals surface area (Å²) in [5.41, 5.74) is 3.89. The van der Waals surface area contributed by atoms with Gasteiger partial charge in [-0.2, -0.15) is 0 Å². The van der Waals surface area contributed by atoms with Gasteiger partial charge in [0.25, 0.3) is 0 Å². The van der Waals surface area contributed by atoms with E-state index in [1.807, 2.05) is 7.05 Å². The van der Waals surface area contributed by atoms with Gasteiger partial charge in [0.1, 0.15) is 0 Å². The molecule has 17 heavy (non-hydrogen) atoms. The molecule has 0 radical (unpaired) electrons. The van der Waals surface area contributed by atoms with E-state index in [1.165, 1.54) is 24.0 Å². The van der Waals surface area contributed by atoms with E-state index in [4.69, 9.17) is 0 Å². The number of benzene rings is 1. The van der Waals surface area contributed by atoms with Crippen LogP contribution in [0.5, 0.6) is 0 Å². The summed E-state index contributed by atoms with van der Waals surface area (Å²) in [6.45, 7) is 2.79. The first-order chi connectivity index (χ1) is 8.28. The number of aliphatic hydroxyl groups is 1. The molecule has 1 aromatic rings. The molecule has 3 rings (SSSR count). The number of hydrogen-bond donors (Lipinski definition) is 2. The van der Waals surface area contributed by atoms with Gasteiger partial charge in [0, 0.05) is 25.7 Å². The predicted octanol–water partition coefficient (Wildman–Crippen LogP) is 1.42. The Morgan fingerprint density at radius 1 is 1.35 bits per heavy atom. The van der Waals surface area contributed by atoms with Crippen molar-refractivity contribution in [3.63, 3.8) is 0 Å². The highest BCUT2D eigenvalue weighted by atomic mass is 16.3. The molecule has 3 heteroatoms. The number of likely N-dealkylation sites (N-methyl/N-ethyl adjacent to an activating group) is 1. The molecule has 1 aliphatic carbocycles. The Labute approximate surface area is 102 Å². The van der Waals surface area contributed by atoms with E-state index in [0.717, 1.165) is 24.7 Å². The van der Waals surface area contributed by atoms with Crippen LogP contribution in [0.3, 0.4) is 0 Å². The quantitative estimate of drug-likeness (QED) is 0.824. The van der Waals surface area contributed by atoms with Gasteiger partial charge in [0.05, 0.1) is 6.10 Å². The summed E-state index contributed by atoms with van der Waals surface area (Å²) in [5.74, 6) is 0. The smallest absolute Gasteiger partial charge is 0.0914 e. The molecular formula is C14H20N2O. The molecule has 92 valence electrons. The Morgan fingerprint density at radius 2 is 2.12 bits per heavy atom. The normalized spacial score (nSPS) is 21.5. The maximum Gasteiger partial charge on any atom is 0.0914 e. The summed E-state index contributed by atoms with van der Waals surface area (Å²) < 4.78 is 0. The summed E-state index contributed by atoms with van der Waals surface area (Å²) in [7, 11) is 1.87. The lowest BCUT2D eigenvalue weighted by molar-refractivity contribution is 0.177. The molecule has 3 nitrogen and oxygen atoms in total. The van der Waals surface area contributed by atoms with Crippen LogP contribution in [0.15, 0.2) is 18.2 Å². The molecule has 0 bridgehead atoms. The monoisotopic (exact) mass is 232 g/mol. The van der Waals surface area contributed by atoms with Crippen molar-refractivity contribution in [2.75, 3.05) is 13.6 Å². The fourth-order valence-electron chi connectivity index (χ4n) is 2.66. The third-order valence-electron chi connectivity index (χ3n) is 3.82. The number of rotatable bonds is 4. The van der Waals surface area contributed by atoms with Gasteiger partial charge < -0.3 is 10.4 Å². The Hall–Kier alpha value is -0.900. The highest BCUT2D eigenvalue weighted by Gasteiger charge is 2.32. The molecular weight excluding hydrogens is 212 g/mol. The molecule has 1 aromatic carbocycles. The maximum absolute atomic E-state index is 9.96. The molecule has 0 aromatic heterocycles. The summed E-state index contributed by atoms with van der Waals surface area (Å²) in [4.78, 5) is 2.55. The first-order valence-electron chi connectivity index (χ1n) is 6.46. The van der Waals surface area contributed by atoms with Crippen LogP contribution in [0, 0.1) is 0 Å². The van der Waals surface area contributed by atoms with E-state index in [2.05, 4.69) is 28.4 Å². The topological polar surface area (TPSA) is 35.5 Å². The maximum atomic E-state index is 9.96. The SMILES string of the molecule is CNCC(O)c1ccc2c(c1)CN(C1CC1)C2. The van der Waals surface area contributed by atoms with Crippen molar-refractivity contribution in [3.05, 3.63) is 34.9 Å². The second-order valence-corrected chi connectivity index (χ2v) is 5.24. The lowest BCUT2D eigenvalue weighted by Gasteiger charge is -2.12. The van der Waals surface area contributed by atoms with Crippen LogP contribution in [0.25, 0.3) is 0 Å². The van der Waals surface area contributed by atoms with Gasteiger partial charge in [-0.1, -0.05) is 18.2 Å². The van der Waals surface area contributed by atoms with Gasteiger partial charge in [0.15, 0.2) is 0 Å². The molecule has 0 amide bonds. The number of aliphatic hydroxyl groups excluding tert-OH is 1. The van der Waals surface area contributed by atoms with Gasteiger partial charge in [-0.15, -0.1) is 0 Å². The van der Waals surface area contributed by atoms with Crippen LogP contribution >= 0.6 is 0 Å². The summed E-state index contributed by atoms with van der Waals surface area (Å²) in [6.07, 6.45) is 2.34. The van der Waals surface area contributed by atoms with Gasteiger partial charge in [-0.05, 0) is 36.6 Å². The molecule has 2 aliphatic rings. The van der Waals surface area contributed by atoms with E-state index >= 15 is 0 Å². The lowest BCUT2D eigenvalue weighted by atomic mass is 10.0. The highest BCUT2D eigenvalue weighted by Crippen LogP contribution is 2.35. The molecule has 2 N–H and O–H groups in total. The molecule has 1 atom stereocenters. The highest BCUT2D eigenvalue weighted by molar-refractivity contribution is 5.36. The number of nitrogens with zero attached hydrogens (tertiary/aromatic N) is 1. The third kappa shape index (κ3) is 2.23. The van der Waals surface area contributed by atoms with Crippen molar-refractivity contribution in [2.24, 2.45) is 0 Å². The molecule has 0 spiro atoms. The lowest BCUT2D eigenvalue weighted by Crippen LogP contribution is -2.18. The van der Waals surface area contributed by atoms with Crippen LogP contribution in [0.1, 0.15) is 35.6 Å². The predicted molar refractivity (Wildman–Crippen MR) is 67.6 cm³/mol. The first-order valence-corrected chi connectivity index (χ1v) is 6.46. The Morgan fingerprint density at radius 3 is 2.82 bits per heavy atom. The Balaban J connectivity index is 1.76. The Kier molecular flexibility index (Phi) is 2.90. The summed E-state index contributed by atoms with van der Waals surface area (Å²) in [5, 5.41) is 13.0. The number of fused-ring (bicyclic) bond motifs is 1. The second kappa shape index (κ2) is 4.41. The van der Waals surface area contributed by atoms with Crippen molar-refractivity contribution < 1.29 is 5.11 Å². The van der Waals surface area contributed by atoms with Crippen LogP contribution in [-0.4, -0.2) is 29.6 Å². The van der Waals surface area contributed by atoms with Crippen molar-refractivity contribution in [3.8, 4) is 0 Å². The van der Waals surface area contributed by atoms with Gasteiger partial charge in [0.2, 0.25) is 0 Å². The van der Waals surface area contributed by atoms with Gasteiger partial charge >= 0.3 is 0 Å². The molecule has 1 fully saturated rings. The zero-order valence-electron chi connectivity index (χ0n) is 10.3. The summed E-state index contributed by atoms with van der Waals surface area (Å²) >= 11 is 0. The molecule has 1 heterocycles. The van der Waals surface area contributed by atoms with Gasteiger partial charge in [-0.3, -0.25) is 4.90 Å². The molecule has 1 unspecified atom stereocenters. The minimum Gasteiger partial charge on any atom is -0.387 e. The average molecular weight is 232 g/mol. The zero-order valence-corrected chi connectivity index (χ0v) is 10.3. The van der Waals surface area contributed by atoms with E-state index in [0.29, 0.717) is 6.54 Å². The van der Waals surface area contributed by atoms with Crippen molar-refractivity contribution in [1.29, 1.82) is 0 Å². The minimum atomic E-state index is -0.389. The standard InChI is InChI=1S/C14H20N2O/c1-15-7-14(17)10-2-3-11-8-16(13-4-5-13)9-12(11)6-10/h2-3,6,13-15,17H,4-5,7-9H2,1H3. The summed E-state index contributed by atoms with van der Waals surface area (Å²) in [6, 6.07) is 7.26. The third-order valence-corrected chi connectivity index (χ3v) is 3.82. The van der Waals surface area contributed by atoms with Gasteiger partial charge in [-0.25, -0.2) is 0 Å². The first kappa shape index (κ1) is 11.2. The van der Waals surface area contributed by atoms with Crippen LogP contribution in [-0.2, 0) is 13.1 Å². The van der Waals surface area contributed by atoms with Crippen LogP contribution in [0.2, 0.25) is 0 Å². The van der Waals surface area contributed by atoms with Crippen molar-refractivity contribution in [2.45, 2.75) is 38.1 Å². The zero-order chi connectivity index (χ0) is 11.8. The average Bonchev–Trinajstić information content (AvgIpc) is 3.08. The minimum absolute atomic E-state index is 0.389. The van der Waals surface area contributed by atoms with E-state index in [1.54, 1.807) is 0 Å². The van der Waals surface area contributed by atoms with E-state index in [-0.39, 0.29) is 6.10 Å². The molecule has 1 saturated carbocycles. The van der Waals surface area contributed by atoms with Crippen molar-refractivity contribution in [1.82, 2.24) is 10.2 Å². The van der Waals surface area contributed by atoms with Crippen LogP contribution < -0.4 is 5.32 Å². The molecule has 0 saturated heterocycles. The van der Waals surface area contributed by atoms with Crippen molar-refractivity contribution >= 4 is 0 Å². The second-order valence-electron chi connectivity index (χ2n) is 5.24. The van der Waals surface area contributed by atoms with Crippen LogP contribution in [0.4, 0.5) is 0 Å². The number of hydrogen-bond acceptors (Lipinski definition) is 3. The number of nitrogens with one attached hydrogen (secondary N) is 1. The fourth-order valence-corrected chi connectivity index (χ4v) is 2.66.